The predicted molar refractivity (Wildman–Crippen MR) is 91.4 cm³/mol. The minimum atomic E-state index is 0.141. The lowest BCUT2D eigenvalue weighted by atomic mass is 9.73. The van der Waals surface area contributed by atoms with Gasteiger partial charge in [0.05, 0.1) is 6.10 Å². The molecule has 3 fully saturated rings. The summed E-state index contributed by atoms with van der Waals surface area (Å²) in [5.74, 6) is 0.947. The van der Waals surface area contributed by atoms with Crippen molar-refractivity contribution in [2.24, 2.45) is 5.41 Å². The lowest BCUT2D eigenvalue weighted by molar-refractivity contribution is 0.0414. The smallest absolute Gasteiger partial charge is 0.253 e. The van der Waals surface area contributed by atoms with Crippen molar-refractivity contribution in [1.82, 2.24) is 10.2 Å². The number of piperidine rings is 1. The third kappa shape index (κ3) is 3.28. The maximum Gasteiger partial charge on any atom is 0.253 e. The van der Waals surface area contributed by atoms with Crippen molar-refractivity contribution in [3.8, 4) is 5.75 Å². The zero-order valence-electron chi connectivity index (χ0n) is 14.1. The van der Waals surface area contributed by atoms with E-state index in [0.29, 0.717) is 12.0 Å². The second kappa shape index (κ2) is 6.73. The van der Waals surface area contributed by atoms with Gasteiger partial charge in [-0.05, 0) is 55.4 Å². The Kier molecular flexibility index (Phi) is 4.46. The quantitative estimate of drug-likeness (QED) is 0.918. The molecule has 24 heavy (non-hydrogen) atoms. The first-order chi connectivity index (χ1) is 11.7. The van der Waals surface area contributed by atoms with Gasteiger partial charge in [0.25, 0.3) is 5.91 Å². The maximum absolute atomic E-state index is 12.6. The summed E-state index contributed by atoms with van der Waals surface area (Å²) >= 11 is 0. The molecule has 3 saturated heterocycles. The van der Waals surface area contributed by atoms with Crippen LogP contribution in [0, 0.1) is 5.41 Å². The van der Waals surface area contributed by atoms with Crippen molar-refractivity contribution in [3.05, 3.63) is 29.8 Å². The van der Waals surface area contributed by atoms with Gasteiger partial charge < -0.3 is 19.7 Å². The van der Waals surface area contributed by atoms with Crippen LogP contribution in [0.1, 0.15) is 36.0 Å². The Bertz CT molecular complexity index is 567. The van der Waals surface area contributed by atoms with Gasteiger partial charge in [0, 0.05) is 38.3 Å². The Labute approximate surface area is 143 Å². The first kappa shape index (κ1) is 15.9. The van der Waals surface area contributed by atoms with E-state index >= 15 is 0 Å². The van der Waals surface area contributed by atoms with E-state index < -0.39 is 0 Å². The molecular formula is C19H26N2O3. The highest BCUT2D eigenvalue weighted by atomic mass is 16.5. The number of benzene rings is 1. The molecule has 3 heterocycles. The Hall–Kier alpha value is -1.59. The molecule has 5 heteroatoms. The summed E-state index contributed by atoms with van der Waals surface area (Å²) in [7, 11) is 0. The summed E-state index contributed by atoms with van der Waals surface area (Å²) in [4.78, 5) is 14.6. The molecule has 0 bridgehead atoms. The summed E-state index contributed by atoms with van der Waals surface area (Å²) < 4.78 is 11.3. The van der Waals surface area contributed by atoms with Crippen LogP contribution in [0.15, 0.2) is 24.3 Å². The second-order valence-corrected chi connectivity index (χ2v) is 7.37. The number of carbonyl (C=O) groups excluding carboxylic acids is 1. The predicted octanol–water partition coefficient (Wildman–Crippen LogP) is 2.07. The molecule has 1 aromatic carbocycles. The van der Waals surface area contributed by atoms with Crippen LogP contribution in [0.4, 0.5) is 0 Å². The fourth-order valence-electron chi connectivity index (χ4n) is 3.86. The second-order valence-electron chi connectivity index (χ2n) is 7.37. The Morgan fingerprint density at radius 1 is 1.25 bits per heavy atom. The first-order valence-corrected chi connectivity index (χ1v) is 9.09. The van der Waals surface area contributed by atoms with Gasteiger partial charge in [-0.25, -0.2) is 0 Å². The van der Waals surface area contributed by atoms with Crippen LogP contribution >= 0.6 is 0 Å². The van der Waals surface area contributed by atoms with Gasteiger partial charge >= 0.3 is 0 Å². The molecule has 1 aromatic rings. The zero-order valence-corrected chi connectivity index (χ0v) is 14.1. The van der Waals surface area contributed by atoms with Gasteiger partial charge in [0.15, 0.2) is 0 Å². The average molecular weight is 330 g/mol. The summed E-state index contributed by atoms with van der Waals surface area (Å²) in [5.41, 5.74) is 1.22. The number of nitrogens with one attached hydrogen (secondary N) is 1. The maximum atomic E-state index is 12.6. The lowest BCUT2D eigenvalue weighted by Crippen LogP contribution is -2.58. The molecule has 3 aliphatic heterocycles. The largest absolute Gasteiger partial charge is 0.491 e. The van der Waals surface area contributed by atoms with Crippen LogP contribution < -0.4 is 10.1 Å². The lowest BCUT2D eigenvalue weighted by Gasteiger charge is -2.48. The van der Waals surface area contributed by atoms with Gasteiger partial charge in [0.2, 0.25) is 0 Å². The highest BCUT2D eigenvalue weighted by Gasteiger charge is 2.40. The normalized spacial score (nSPS) is 25.5. The van der Waals surface area contributed by atoms with Crippen molar-refractivity contribution >= 4 is 5.91 Å². The standard InChI is InChI=1S/C19H26N2O3/c22-18(21-9-7-19(8-10-21)13-20-14-19)15-3-5-16(6-4-15)24-12-17-2-1-11-23-17/h3-6,17,20H,1-2,7-14H2. The summed E-state index contributed by atoms with van der Waals surface area (Å²) in [6.45, 7) is 5.41. The SMILES string of the molecule is O=C(c1ccc(OCC2CCCO2)cc1)N1CCC2(CC1)CNC2. The molecule has 1 atom stereocenters. The molecule has 5 nitrogen and oxygen atoms in total. The number of rotatable bonds is 4. The molecule has 1 unspecified atom stereocenters. The van der Waals surface area contributed by atoms with E-state index in [1.54, 1.807) is 0 Å². The van der Waals surface area contributed by atoms with Crippen LogP contribution in [-0.4, -0.2) is 56.3 Å². The number of hydrogen-bond donors (Lipinski definition) is 1. The van der Waals surface area contributed by atoms with Crippen LogP contribution in [0.3, 0.4) is 0 Å². The molecule has 0 aromatic heterocycles. The molecular weight excluding hydrogens is 304 g/mol. The highest BCUT2D eigenvalue weighted by molar-refractivity contribution is 5.94. The van der Waals surface area contributed by atoms with Gasteiger partial charge in [-0.1, -0.05) is 0 Å². The first-order valence-electron chi connectivity index (χ1n) is 9.09. The van der Waals surface area contributed by atoms with Crippen molar-refractivity contribution in [3.63, 3.8) is 0 Å². The van der Waals surface area contributed by atoms with E-state index in [1.165, 1.54) is 0 Å². The fourth-order valence-corrected chi connectivity index (χ4v) is 3.86. The van der Waals surface area contributed by atoms with E-state index in [1.807, 2.05) is 29.2 Å². The Morgan fingerprint density at radius 3 is 2.58 bits per heavy atom. The fraction of sp³-hybridized carbons (Fsp3) is 0.632. The molecule has 1 spiro atoms. The van der Waals surface area contributed by atoms with Crippen LogP contribution in [0.2, 0.25) is 0 Å². The number of carbonyl (C=O) groups is 1. The number of likely N-dealkylation sites (tertiary alicyclic amines) is 1. The van der Waals surface area contributed by atoms with Gasteiger partial charge in [-0.3, -0.25) is 4.79 Å². The van der Waals surface area contributed by atoms with Gasteiger partial charge in [-0.15, -0.1) is 0 Å². The van der Waals surface area contributed by atoms with Crippen molar-refractivity contribution in [2.45, 2.75) is 31.8 Å². The number of hydrogen-bond acceptors (Lipinski definition) is 4. The Balaban J connectivity index is 1.30. The molecule has 0 aliphatic carbocycles. The number of amides is 1. The van der Waals surface area contributed by atoms with Crippen molar-refractivity contribution in [1.29, 1.82) is 0 Å². The van der Waals surface area contributed by atoms with Gasteiger partial charge in [0.1, 0.15) is 12.4 Å². The van der Waals surface area contributed by atoms with E-state index in [2.05, 4.69) is 5.32 Å². The van der Waals surface area contributed by atoms with E-state index in [0.717, 1.165) is 69.8 Å². The third-order valence-electron chi connectivity index (χ3n) is 5.67. The van der Waals surface area contributed by atoms with E-state index in [-0.39, 0.29) is 12.0 Å². The number of nitrogens with zero attached hydrogens (tertiary/aromatic N) is 1. The molecule has 4 rings (SSSR count). The average Bonchev–Trinajstić information content (AvgIpc) is 3.12. The molecule has 1 amide bonds. The monoisotopic (exact) mass is 330 g/mol. The minimum Gasteiger partial charge on any atom is -0.491 e. The zero-order chi connectivity index (χ0) is 16.4. The highest BCUT2D eigenvalue weighted by Crippen LogP contribution is 2.35. The van der Waals surface area contributed by atoms with E-state index in [9.17, 15) is 4.79 Å². The molecule has 1 N–H and O–H groups in total. The van der Waals surface area contributed by atoms with E-state index in [4.69, 9.17) is 9.47 Å². The summed E-state index contributed by atoms with van der Waals surface area (Å²) in [6.07, 6.45) is 4.65. The summed E-state index contributed by atoms with van der Waals surface area (Å²) in [5, 5.41) is 3.36. The molecule has 3 aliphatic rings. The minimum absolute atomic E-state index is 0.141. The summed E-state index contributed by atoms with van der Waals surface area (Å²) in [6, 6.07) is 7.54. The van der Waals surface area contributed by atoms with Crippen LogP contribution in [0.25, 0.3) is 0 Å². The van der Waals surface area contributed by atoms with Crippen LogP contribution in [0.5, 0.6) is 5.75 Å². The Morgan fingerprint density at radius 2 is 2.00 bits per heavy atom. The molecule has 0 radical (unpaired) electrons. The van der Waals surface area contributed by atoms with Gasteiger partial charge in [-0.2, -0.15) is 0 Å². The third-order valence-corrected chi connectivity index (χ3v) is 5.67. The van der Waals surface area contributed by atoms with Crippen molar-refractivity contribution in [2.75, 3.05) is 39.4 Å². The topological polar surface area (TPSA) is 50.8 Å². The van der Waals surface area contributed by atoms with Crippen LogP contribution in [-0.2, 0) is 4.74 Å². The number of ether oxygens (including phenoxy) is 2. The molecule has 0 saturated carbocycles. The van der Waals surface area contributed by atoms with Crippen molar-refractivity contribution < 1.29 is 14.3 Å². The molecule has 130 valence electrons.